The van der Waals surface area contributed by atoms with Crippen LogP contribution in [0.2, 0.25) is 0 Å². The van der Waals surface area contributed by atoms with Crippen molar-refractivity contribution < 1.29 is 28.7 Å². The minimum Gasteiger partial charge on any atom is -0.496 e. The number of carbonyl (C=O) groups excluding carboxylic acids is 2. The molecule has 1 unspecified atom stereocenters. The highest BCUT2D eigenvalue weighted by molar-refractivity contribution is 6.09. The van der Waals surface area contributed by atoms with Gasteiger partial charge in [0.15, 0.2) is 0 Å². The molecule has 1 aromatic carbocycles. The van der Waals surface area contributed by atoms with Crippen LogP contribution in [0.15, 0.2) is 35.5 Å². The van der Waals surface area contributed by atoms with Crippen molar-refractivity contribution in [2.75, 3.05) is 21.3 Å². The number of ether oxygens (including phenoxy) is 3. The minimum atomic E-state index is -0.687. The summed E-state index contributed by atoms with van der Waals surface area (Å²) in [6.07, 6.45) is 1.00. The van der Waals surface area contributed by atoms with Crippen LogP contribution in [0.5, 0.6) is 5.75 Å². The number of esters is 1. The first-order chi connectivity index (χ1) is 12.8. The molecule has 1 aromatic rings. The van der Waals surface area contributed by atoms with Gasteiger partial charge in [0, 0.05) is 23.4 Å². The second-order valence-corrected chi connectivity index (χ2v) is 5.75. The molecule has 1 atom stereocenters. The first-order valence-corrected chi connectivity index (χ1v) is 7.98. The van der Waals surface area contributed by atoms with Gasteiger partial charge in [-0.2, -0.15) is 0 Å². The first-order valence-electron chi connectivity index (χ1n) is 7.98. The Kier molecular flexibility index (Phi) is 5.84. The second kappa shape index (κ2) is 7.90. The molecule has 0 saturated carbocycles. The highest BCUT2D eigenvalue weighted by atomic mass is 16.6. The van der Waals surface area contributed by atoms with Gasteiger partial charge in [-0.05, 0) is 25.5 Å². The molecule has 0 saturated heterocycles. The molecule has 1 heterocycles. The molecule has 9 heteroatoms. The van der Waals surface area contributed by atoms with Gasteiger partial charge in [-0.15, -0.1) is 0 Å². The van der Waals surface area contributed by atoms with Crippen molar-refractivity contribution in [2.45, 2.75) is 19.9 Å². The van der Waals surface area contributed by atoms with Gasteiger partial charge in [-0.3, -0.25) is 15.0 Å². The molecule has 1 aliphatic rings. The quantitative estimate of drug-likeness (QED) is 0.451. The van der Waals surface area contributed by atoms with Gasteiger partial charge in [-0.1, -0.05) is 6.08 Å². The van der Waals surface area contributed by atoms with E-state index in [1.54, 1.807) is 19.9 Å². The number of non-ortho nitro benzene ring substituents is 1. The van der Waals surface area contributed by atoms with Crippen LogP contribution in [0, 0.1) is 10.1 Å². The molecule has 0 aromatic heterocycles. The number of nitro groups is 1. The third kappa shape index (κ3) is 3.62. The summed E-state index contributed by atoms with van der Waals surface area (Å²) < 4.78 is 15.0. The molecule has 2 rings (SSSR count). The minimum absolute atomic E-state index is 0.0970. The lowest BCUT2D eigenvalue weighted by molar-refractivity contribution is -0.384. The molecule has 1 amide bonds. The SMILES string of the molecule is COC(=O)C1=C(C)N(C(=O)OC)C(C)C=C1c1cc([N+](=O)[O-])ccc1OC. The van der Waals surface area contributed by atoms with Gasteiger partial charge >= 0.3 is 12.1 Å². The van der Waals surface area contributed by atoms with E-state index in [9.17, 15) is 19.7 Å². The van der Waals surface area contributed by atoms with Gasteiger partial charge in [0.05, 0.1) is 37.9 Å². The highest BCUT2D eigenvalue weighted by Gasteiger charge is 2.34. The number of nitrogens with zero attached hydrogens (tertiary/aromatic N) is 2. The summed E-state index contributed by atoms with van der Waals surface area (Å²) in [7, 11) is 3.88. The van der Waals surface area contributed by atoms with Crippen LogP contribution in [-0.4, -0.2) is 49.3 Å². The van der Waals surface area contributed by atoms with E-state index >= 15 is 0 Å². The van der Waals surface area contributed by atoms with Crippen LogP contribution in [0.1, 0.15) is 19.4 Å². The van der Waals surface area contributed by atoms with Crippen LogP contribution in [0.3, 0.4) is 0 Å². The maximum atomic E-state index is 12.5. The number of rotatable bonds is 4. The number of hydrogen-bond donors (Lipinski definition) is 0. The van der Waals surface area contributed by atoms with E-state index in [2.05, 4.69) is 0 Å². The van der Waals surface area contributed by atoms with Crippen LogP contribution in [0.25, 0.3) is 5.57 Å². The third-order valence-corrected chi connectivity index (χ3v) is 4.25. The number of benzene rings is 1. The summed E-state index contributed by atoms with van der Waals surface area (Å²) in [5, 5.41) is 11.2. The molecule has 1 aliphatic heterocycles. The largest absolute Gasteiger partial charge is 0.496 e. The van der Waals surface area contributed by atoms with Crippen molar-refractivity contribution in [3.8, 4) is 5.75 Å². The Hall–Kier alpha value is -3.36. The number of hydrogen-bond acceptors (Lipinski definition) is 7. The molecular weight excluding hydrogens is 356 g/mol. The first kappa shape index (κ1) is 20.0. The lowest BCUT2D eigenvalue weighted by atomic mass is 9.90. The third-order valence-electron chi connectivity index (χ3n) is 4.25. The average molecular weight is 376 g/mol. The summed E-state index contributed by atoms with van der Waals surface area (Å²) >= 11 is 0. The zero-order chi connectivity index (χ0) is 20.3. The van der Waals surface area contributed by atoms with Crippen molar-refractivity contribution >= 4 is 23.3 Å². The Balaban J connectivity index is 2.75. The zero-order valence-electron chi connectivity index (χ0n) is 15.6. The maximum Gasteiger partial charge on any atom is 0.414 e. The average Bonchev–Trinajstić information content (AvgIpc) is 2.66. The van der Waals surface area contributed by atoms with E-state index in [4.69, 9.17) is 14.2 Å². The molecule has 0 N–H and O–H groups in total. The fourth-order valence-corrected chi connectivity index (χ4v) is 3.03. The van der Waals surface area contributed by atoms with Gasteiger partial charge in [0.1, 0.15) is 5.75 Å². The highest BCUT2D eigenvalue weighted by Crippen LogP contribution is 2.39. The van der Waals surface area contributed by atoms with Crippen molar-refractivity contribution in [1.82, 2.24) is 4.90 Å². The monoisotopic (exact) mass is 376 g/mol. The number of methoxy groups -OCH3 is 3. The lowest BCUT2D eigenvalue weighted by Crippen LogP contribution is -2.40. The van der Waals surface area contributed by atoms with Crippen molar-refractivity contribution in [3.05, 3.63) is 51.2 Å². The Morgan fingerprint density at radius 3 is 2.37 bits per heavy atom. The fraction of sp³-hybridized carbons (Fsp3) is 0.333. The lowest BCUT2D eigenvalue weighted by Gasteiger charge is -2.33. The topological polar surface area (TPSA) is 108 Å². The Labute approximate surface area is 156 Å². The van der Waals surface area contributed by atoms with Crippen LogP contribution in [-0.2, 0) is 14.3 Å². The Morgan fingerprint density at radius 2 is 1.85 bits per heavy atom. The number of carbonyl (C=O) groups is 2. The fourth-order valence-electron chi connectivity index (χ4n) is 3.03. The van der Waals surface area contributed by atoms with Crippen molar-refractivity contribution in [1.29, 1.82) is 0 Å². The summed E-state index contributed by atoms with van der Waals surface area (Å²) in [6.45, 7) is 3.31. The molecule has 0 fully saturated rings. The van der Waals surface area contributed by atoms with Gasteiger partial charge in [0.2, 0.25) is 0 Å². The standard InChI is InChI=1S/C18H20N2O7/c1-10-8-14(13-9-12(20(23)24)6-7-15(13)25-3)16(17(21)26-4)11(2)19(10)18(22)27-5/h6-10H,1-5H3. The van der Waals surface area contributed by atoms with Crippen LogP contribution >= 0.6 is 0 Å². The molecule has 0 aliphatic carbocycles. The van der Waals surface area contributed by atoms with E-state index in [0.29, 0.717) is 22.6 Å². The Bertz CT molecular complexity index is 857. The molecule has 0 spiro atoms. The predicted molar refractivity (Wildman–Crippen MR) is 96.0 cm³/mol. The second-order valence-electron chi connectivity index (χ2n) is 5.75. The molecule has 27 heavy (non-hydrogen) atoms. The molecule has 9 nitrogen and oxygen atoms in total. The predicted octanol–water partition coefficient (Wildman–Crippen LogP) is 2.90. The van der Waals surface area contributed by atoms with Gasteiger partial charge in [-0.25, -0.2) is 9.59 Å². The van der Waals surface area contributed by atoms with E-state index in [-0.39, 0.29) is 11.3 Å². The summed E-state index contributed by atoms with van der Waals surface area (Å²) in [4.78, 5) is 36.6. The summed E-state index contributed by atoms with van der Waals surface area (Å²) in [5.74, 6) is -0.340. The summed E-state index contributed by atoms with van der Waals surface area (Å²) in [6, 6.07) is 3.62. The smallest absolute Gasteiger partial charge is 0.414 e. The molecule has 0 bridgehead atoms. The number of amides is 1. The molecule has 0 radical (unpaired) electrons. The Morgan fingerprint density at radius 1 is 1.19 bits per heavy atom. The van der Waals surface area contributed by atoms with Crippen LogP contribution < -0.4 is 4.74 Å². The van der Waals surface area contributed by atoms with Gasteiger partial charge < -0.3 is 14.2 Å². The van der Waals surface area contributed by atoms with Crippen molar-refractivity contribution in [2.24, 2.45) is 0 Å². The van der Waals surface area contributed by atoms with E-state index in [1.165, 1.54) is 44.4 Å². The summed E-state index contributed by atoms with van der Waals surface area (Å²) in [5.41, 5.74) is 0.985. The maximum absolute atomic E-state index is 12.5. The normalized spacial score (nSPS) is 16.6. The molecular formula is C18H20N2O7. The van der Waals surface area contributed by atoms with Crippen molar-refractivity contribution in [3.63, 3.8) is 0 Å². The molecule has 144 valence electrons. The van der Waals surface area contributed by atoms with E-state index < -0.39 is 23.0 Å². The number of allylic oxidation sites excluding steroid dienone is 1. The van der Waals surface area contributed by atoms with Gasteiger partial charge in [0.25, 0.3) is 5.69 Å². The van der Waals surface area contributed by atoms with Crippen LogP contribution in [0.4, 0.5) is 10.5 Å². The zero-order valence-corrected chi connectivity index (χ0v) is 15.6. The number of nitro benzene ring substituents is 1. The van der Waals surface area contributed by atoms with E-state index in [1.807, 2.05) is 0 Å². The van der Waals surface area contributed by atoms with E-state index in [0.717, 1.165) is 0 Å².